The van der Waals surface area contributed by atoms with E-state index in [0.717, 1.165) is 30.5 Å². The Balaban J connectivity index is 1.51. The van der Waals surface area contributed by atoms with Gasteiger partial charge in [-0.2, -0.15) is 13.2 Å². The number of hydrogen-bond acceptors (Lipinski definition) is 5. The number of fused-ring (bicyclic) bond motifs is 1. The van der Waals surface area contributed by atoms with E-state index in [1.807, 2.05) is 13.0 Å². The number of anilines is 1. The first-order valence-corrected chi connectivity index (χ1v) is 12.2. The number of halogens is 4. The molecule has 0 bridgehead atoms. The highest BCUT2D eigenvalue weighted by atomic mass is 19.4. The first-order chi connectivity index (χ1) is 18.1. The molecule has 38 heavy (non-hydrogen) atoms. The molecule has 5 rings (SSSR count). The fourth-order valence-electron chi connectivity index (χ4n) is 4.32. The maximum Gasteiger partial charge on any atom is 0.390 e. The van der Waals surface area contributed by atoms with E-state index in [1.54, 1.807) is 29.1 Å². The van der Waals surface area contributed by atoms with Crippen LogP contribution in [-0.2, 0) is 0 Å². The van der Waals surface area contributed by atoms with Gasteiger partial charge in [0.25, 0.3) is 0 Å². The molecule has 0 radical (unpaired) electrons. The third-order valence-corrected chi connectivity index (χ3v) is 6.46. The first kappa shape index (κ1) is 25.6. The number of aryl methyl sites for hydroxylation is 1. The summed E-state index contributed by atoms with van der Waals surface area (Å²) in [5.74, 6) is -0.491. The van der Waals surface area contributed by atoms with Crippen LogP contribution in [0.5, 0.6) is 17.2 Å². The number of hydrogen-bond donors (Lipinski definition) is 2. The summed E-state index contributed by atoms with van der Waals surface area (Å²) in [6.45, 7) is 1.49. The van der Waals surface area contributed by atoms with Crippen molar-refractivity contribution in [2.24, 2.45) is 5.92 Å². The Morgan fingerprint density at radius 3 is 2.61 bits per heavy atom. The lowest BCUT2D eigenvalue weighted by atomic mass is 10.0. The van der Waals surface area contributed by atoms with Gasteiger partial charge in [-0.25, -0.2) is 9.37 Å². The van der Waals surface area contributed by atoms with E-state index < -0.39 is 24.2 Å². The molecule has 0 saturated heterocycles. The summed E-state index contributed by atoms with van der Waals surface area (Å²) in [6.07, 6.45) is -1.11. The predicted molar refractivity (Wildman–Crippen MR) is 135 cm³/mol. The van der Waals surface area contributed by atoms with Crippen molar-refractivity contribution >= 4 is 22.5 Å². The molecule has 198 valence electrons. The molecule has 6 nitrogen and oxygen atoms in total. The molecule has 1 heterocycles. The van der Waals surface area contributed by atoms with Crippen molar-refractivity contribution in [3.05, 3.63) is 71.8 Å². The summed E-state index contributed by atoms with van der Waals surface area (Å²) >= 11 is 0. The number of nitrogens with one attached hydrogen (secondary N) is 1. The summed E-state index contributed by atoms with van der Waals surface area (Å²) in [4.78, 5) is 17.1. The number of carbonyl (C=O) groups excluding carboxylic acids is 1. The number of phenols is 1. The van der Waals surface area contributed by atoms with Gasteiger partial charge in [-0.05, 0) is 61.6 Å². The third-order valence-electron chi connectivity index (χ3n) is 6.46. The number of aromatic hydroxyl groups is 1. The Kier molecular flexibility index (Phi) is 6.73. The van der Waals surface area contributed by atoms with E-state index in [1.165, 1.54) is 12.1 Å². The Morgan fingerprint density at radius 2 is 1.92 bits per heavy atom. The summed E-state index contributed by atoms with van der Waals surface area (Å²) in [6, 6.07) is 12.1. The van der Waals surface area contributed by atoms with Gasteiger partial charge < -0.3 is 15.2 Å². The lowest BCUT2D eigenvalue weighted by Gasteiger charge is -2.14. The number of Topliss-reactive ketones (excluding diaryl/α,β-unsaturated/α-hetero) is 1. The van der Waals surface area contributed by atoms with Gasteiger partial charge in [0.15, 0.2) is 17.3 Å². The third kappa shape index (κ3) is 5.74. The van der Waals surface area contributed by atoms with Crippen LogP contribution in [0, 0.1) is 18.7 Å². The second-order valence-corrected chi connectivity index (χ2v) is 9.53. The minimum Gasteiger partial charge on any atom is -0.505 e. The molecular weight excluding hydrogens is 502 g/mol. The molecule has 1 saturated carbocycles. The summed E-state index contributed by atoms with van der Waals surface area (Å²) in [5.41, 5.74) is 3.45. The quantitative estimate of drug-likeness (QED) is 0.176. The molecule has 0 atom stereocenters. The van der Waals surface area contributed by atoms with Crippen molar-refractivity contribution in [2.45, 2.75) is 38.8 Å². The standard InChI is InChI=1S/C28H25F4N3O3/c1-16-10-18(4-6-21(16)26(37)11-17-2-3-17)35-15-34-27-23(33-9-8-28(30,31)32)13-20(14-24(27)35)38-19-5-7-25(36)22(29)12-19/h4-7,10,12-15,17,33,36H,2-3,8-9,11H2,1H3. The minimum absolute atomic E-state index is 0.0985. The number of imidazole rings is 1. The molecule has 1 aliphatic carbocycles. The van der Waals surface area contributed by atoms with Crippen molar-refractivity contribution in [1.82, 2.24) is 9.55 Å². The summed E-state index contributed by atoms with van der Waals surface area (Å²) in [5, 5.41) is 12.2. The van der Waals surface area contributed by atoms with Gasteiger partial charge in [0, 0.05) is 42.4 Å². The molecule has 3 aromatic carbocycles. The molecule has 1 aromatic heterocycles. The highest BCUT2D eigenvalue weighted by molar-refractivity contribution is 5.98. The second kappa shape index (κ2) is 10.00. The fraction of sp³-hybridized carbons (Fsp3) is 0.286. The summed E-state index contributed by atoms with van der Waals surface area (Å²) < 4.78 is 59.7. The number of ether oxygens (including phenoxy) is 1. The normalized spacial score (nSPS) is 13.6. The number of aromatic nitrogens is 2. The zero-order chi connectivity index (χ0) is 27.0. The van der Waals surface area contributed by atoms with Crippen LogP contribution in [0.1, 0.15) is 41.6 Å². The fourth-order valence-corrected chi connectivity index (χ4v) is 4.32. The number of nitrogens with zero attached hydrogens (tertiary/aromatic N) is 2. The van der Waals surface area contributed by atoms with Gasteiger partial charge in [-0.3, -0.25) is 9.36 Å². The van der Waals surface area contributed by atoms with E-state index in [4.69, 9.17) is 4.74 Å². The zero-order valence-corrected chi connectivity index (χ0v) is 20.5. The van der Waals surface area contributed by atoms with Gasteiger partial charge in [0.1, 0.15) is 23.3 Å². The smallest absolute Gasteiger partial charge is 0.390 e. The van der Waals surface area contributed by atoms with Crippen molar-refractivity contribution in [2.75, 3.05) is 11.9 Å². The van der Waals surface area contributed by atoms with Crippen molar-refractivity contribution in [3.63, 3.8) is 0 Å². The van der Waals surface area contributed by atoms with Crippen LogP contribution in [0.25, 0.3) is 16.7 Å². The monoisotopic (exact) mass is 527 g/mol. The second-order valence-electron chi connectivity index (χ2n) is 9.53. The largest absolute Gasteiger partial charge is 0.505 e. The predicted octanol–water partition coefficient (Wildman–Crippen LogP) is 7.32. The maximum atomic E-state index is 13.8. The molecule has 10 heteroatoms. The van der Waals surface area contributed by atoms with Crippen LogP contribution >= 0.6 is 0 Å². The maximum absolute atomic E-state index is 13.8. The Hall–Kier alpha value is -4.08. The van der Waals surface area contributed by atoms with Crippen molar-refractivity contribution in [1.29, 1.82) is 0 Å². The lowest BCUT2D eigenvalue weighted by Crippen LogP contribution is -2.14. The Morgan fingerprint density at radius 1 is 1.13 bits per heavy atom. The number of alkyl halides is 3. The molecule has 4 aromatic rings. The zero-order valence-electron chi connectivity index (χ0n) is 20.5. The van der Waals surface area contributed by atoms with Crippen LogP contribution < -0.4 is 10.1 Å². The van der Waals surface area contributed by atoms with Gasteiger partial charge in [-0.1, -0.05) is 0 Å². The number of carbonyl (C=O) groups is 1. The molecule has 0 spiro atoms. The van der Waals surface area contributed by atoms with Gasteiger partial charge in [0.05, 0.1) is 17.6 Å². The van der Waals surface area contributed by atoms with Crippen LogP contribution in [0.3, 0.4) is 0 Å². The topological polar surface area (TPSA) is 76.4 Å². The molecule has 1 fully saturated rings. The van der Waals surface area contributed by atoms with E-state index in [-0.39, 0.29) is 23.8 Å². The molecule has 0 unspecified atom stereocenters. The Labute approximate surface area is 215 Å². The van der Waals surface area contributed by atoms with Crippen molar-refractivity contribution < 1.29 is 32.2 Å². The van der Waals surface area contributed by atoms with E-state index in [0.29, 0.717) is 40.3 Å². The van der Waals surface area contributed by atoms with E-state index in [9.17, 15) is 27.5 Å². The minimum atomic E-state index is -4.33. The number of benzene rings is 3. The van der Waals surface area contributed by atoms with Crippen LogP contribution in [0.15, 0.2) is 54.9 Å². The van der Waals surface area contributed by atoms with E-state index in [2.05, 4.69) is 10.3 Å². The van der Waals surface area contributed by atoms with Gasteiger partial charge >= 0.3 is 6.18 Å². The lowest BCUT2D eigenvalue weighted by molar-refractivity contribution is -0.131. The molecule has 2 N–H and O–H groups in total. The Bertz CT molecular complexity index is 1510. The molecule has 0 amide bonds. The highest BCUT2D eigenvalue weighted by Crippen LogP contribution is 2.36. The summed E-state index contributed by atoms with van der Waals surface area (Å²) in [7, 11) is 0. The highest BCUT2D eigenvalue weighted by Gasteiger charge is 2.27. The van der Waals surface area contributed by atoms with Gasteiger partial charge in [-0.15, -0.1) is 0 Å². The average Bonchev–Trinajstić information content (AvgIpc) is 3.55. The average molecular weight is 528 g/mol. The van der Waals surface area contributed by atoms with Crippen LogP contribution in [0.2, 0.25) is 0 Å². The number of rotatable bonds is 9. The molecule has 0 aliphatic heterocycles. The van der Waals surface area contributed by atoms with Crippen LogP contribution in [-0.4, -0.2) is 33.2 Å². The van der Waals surface area contributed by atoms with Crippen molar-refractivity contribution in [3.8, 4) is 22.9 Å². The number of ketones is 1. The first-order valence-electron chi connectivity index (χ1n) is 12.2. The van der Waals surface area contributed by atoms with E-state index >= 15 is 0 Å². The molecular formula is C28H25F4N3O3. The number of phenolic OH excluding ortho intramolecular Hbond substituents is 1. The molecule has 1 aliphatic rings. The SMILES string of the molecule is Cc1cc(-n2cnc3c(NCCC(F)(F)F)cc(Oc4ccc(O)c(F)c4)cc32)ccc1C(=O)CC1CC1. The van der Waals surface area contributed by atoms with Gasteiger partial charge in [0.2, 0.25) is 0 Å². The van der Waals surface area contributed by atoms with Crippen LogP contribution in [0.4, 0.5) is 23.2 Å².